The first-order valence-corrected chi connectivity index (χ1v) is 41.8. The Morgan fingerprint density at radius 3 is 0.832 bits per heavy atom. The predicted molar refractivity (Wildman–Crippen MR) is 417 cm³/mol. The highest BCUT2D eigenvalue weighted by Crippen LogP contribution is 2.45. The van der Waals surface area contributed by atoms with E-state index in [0.717, 1.165) is 205 Å². The molecule has 4 N–H and O–H groups in total. The van der Waals surface area contributed by atoms with Crippen LogP contribution < -0.4 is 0 Å². The summed E-state index contributed by atoms with van der Waals surface area (Å²) in [6.07, 6.45) is 92.7. The van der Waals surface area contributed by atoms with Crippen LogP contribution in [0.4, 0.5) is 0 Å². The summed E-state index contributed by atoms with van der Waals surface area (Å²) in [5.74, 6) is -1.62. The normalized spacial score (nSPS) is 14.9. The van der Waals surface area contributed by atoms with Gasteiger partial charge >= 0.3 is 33.6 Å². The number of esters is 3. The maximum Gasteiger partial charge on any atom is 0.472 e. The van der Waals surface area contributed by atoms with Crippen molar-refractivity contribution in [3.63, 3.8) is 0 Å². The Balaban J connectivity index is 4.68. The molecule has 0 aromatic heterocycles. The first kappa shape index (κ1) is 96.2. The fourth-order valence-electron chi connectivity index (χ4n) is 9.87. The van der Waals surface area contributed by atoms with Crippen molar-refractivity contribution >= 4 is 33.6 Å². The lowest BCUT2D eigenvalue weighted by molar-refractivity contribution is -0.161. The molecular weight excluding hydrogens is 1310 g/mol. The summed E-state index contributed by atoms with van der Waals surface area (Å²) in [7, 11) is -9.81. The van der Waals surface area contributed by atoms with E-state index in [-0.39, 0.29) is 19.3 Å². The number of ether oxygens (including phenoxy) is 3. The van der Waals surface area contributed by atoms with E-state index in [9.17, 15) is 43.5 Å². The fraction of sp³-hybridized carbons (Fsp3) is 0.651. The number of aliphatic hydroxyl groups excluding tert-OH is 2. The van der Waals surface area contributed by atoms with Gasteiger partial charge in [-0.3, -0.25) is 32.5 Å². The quantitative estimate of drug-likeness (QED) is 0.0146. The monoisotopic (exact) mass is 1450 g/mol. The summed E-state index contributed by atoms with van der Waals surface area (Å²) in [4.78, 5) is 58.7. The molecule has 0 saturated carbocycles. The molecule has 0 rings (SSSR count). The molecule has 576 valence electrons. The molecule has 0 aliphatic rings. The number of unbranched alkanes of at least 4 members (excludes halogenated alkanes) is 23. The third kappa shape index (κ3) is 76.1. The predicted octanol–water partition coefficient (Wildman–Crippen LogP) is 22.6. The molecule has 5 atom stereocenters. The molecule has 0 bridgehead atoms. The summed E-state index contributed by atoms with van der Waals surface area (Å²) >= 11 is 0. The Morgan fingerprint density at radius 2 is 0.525 bits per heavy atom. The van der Waals surface area contributed by atoms with E-state index in [1.807, 2.05) is 0 Å². The minimum atomic E-state index is -4.94. The summed E-state index contributed by atoms with van der Waals surface area (Å²) in [6.45, 7) is 2.38. The van der Waals surface area contributed by atoms with Gasteiger partial charge in [-0.2, -0.15) is 0 Å². The van der Waals surface area contributed by atoms with Gasteiger partial charge in [0.2, 0.25) is 0 Å². The van der Waals surface area contributed by atoms with Gasteiger partial charge in [0, 0.05) is 19.3 Å². The minimum Gasteiger partial charge on any atom is -0.463 e. The Morgan fingerprint density at radius 1 is 0.287 bits per heavy atom. The Kier molecular flexibility index (Phi) is 71.3. The molecule has 16 nitrogen and oxygen atoms in total. The minimum absolute atomic E-state index is 0.0855. The van der Waals surface area contributed by atoms with Gasteiger partial charge in [0.25, 0.3) is 0 Å². The largest absolute Gasteiger partial charge is 0.472 e. The summed E-state index contributed by atoms with van der Waals surface area (Å²) in [6, 6.07) is 0. The average Bonchev–Trinajstić information content (AvgIpc) is 0.946. The number of phosphoric ester groups is 2. The molecule has 0 radical (unpaired) electrons. The smallest absolute Gasteiger partial charge is 0.463 e. The molecule has 0 aromatic carbocycles. The van der Waals surface area contributed by atoms with Crippen molar-refractivity contribution in [2.75, 3.05) is 39.6 Å². The van der Waals surface area contributed by atoms with Gasteiger partial charge in [0.1, 0.15) is 25.4 Å². The van der Waals surface area contributed by atoms with Crippen LogP contribution in [-0.2, 0) is 55.8 Å². The number of phosphoric acid groups is 2. The van der Waals surface area contributed by atoms with Gasteiger partial charge < -0.3 is 34.2 Å². The molecule has 0 fully saturated rings. The SMILES string of the molecule is CC/C=C\C/C=C\C/C=C\C/C=C\C/C=C\C/C=C\CCCCCCCCC(=O)OCC(O)COP(=O)(O)OCC(O)COP(=O)(O)OCC(COC(=O)CCCCCCCCC/C=C\C/C=C\C/C=C\C/C=C\CCCCC)OC(=O)CCCCCCCCC/C=C\C/C=C\C/C=C\CC. The first-order chi connectivity index (χ1) is 49.2. The number of hydrogen-bond acceptors (Lipinski definition) is 14. The Labute approximate surface area is 612 Å². The van der Waals surface area contributed by atoms with Crippen LogP contribution in [0.3, 0.4) is 0 Å². The highest BCUT2D eigenvalue weighted by atomic mass is 31.2. The number of aliphatic hydroxyl groups is 2. The molecule has 0 spiro atoms. The van der Waals surface area contributed by atoms with Gasteiger partial charge in [-0.1, -0.05) is 281 Å². The van der Waals surface area contributed by atoms with Crippen LogP contribution in [0.2, 0.25) is 0 Å². The topological polar surface area (TPSA) is 231 Å². The Bertz CT molecular complexity index is 2470. The van der Waals surface area contributed by atoms with Crippen molar-refractivity contribution in [3.05, 3.63) is 158 Å². The molecule has 101 heavy (non-hydrogen) atoms. The van der Waals surface area contributed by atoms with E-state index < -0.39 is 91.5 Å². The molecule has 0 heterocycles. The highest BCUT2D eigenvalue weighted by Gasteiger charge is 2.29. The Hall–Kier alpha value is -4.83. The van der Waals surface area contributed by atoms with E-state index >= 15 is 0 Å². The first-order valence-electron chi connectivity index (χ1n) is 38.8. The third-order valence-corrected chi connectivity index (χ3v) is 17.6. The third-order valence-electron chi connectivity index (χ3n) is 15.7. The van der Waals surface area contributed by atoms with Crippen molar-refractivity contribution in [2.45, 2.75) is 309 Å². The molecule has 18 heteroatoms. The van der Waals surface area contributed by atoms with Crippen LogP contribution >= 0.6 is 15.6 Å². The lowest BCUT2D eigenvalue weighted by atomic mass is 10.1. The van der Waals surface area contributed by atoms with Crippen LogP contribution in [0.15, 0.2) is 158 Å². The lowest BCUT2D eigenvalue weighted by Gasteiger charge is -2.21. The maximum absolute atomic E-state index is 13.0. The van der Waals surface area contributed by atoms with E-state index in [2.05, 4.69) is 179 Å². The number of carbonyl (C=O) groups is 3. The average molecular weight is 1450 g/mol. The van der Waals surface area contributed by atoms with Crippen LogP contribution in [0.5, 0.6) is 0 Å². The van der Waals surface area contributed by atoms with Crippen LogP contribution in [0.25, 0.3) is 0 Å². The summed E-state index contributed by atoms with van der Waals surface area (Å²) in [5.41, 5.74) is 0. The van der Waals surface area contributed by atoms with Gasteiger partial charge in [-0.05, 0) is 148 Å². The van der Waals surface area contributed by atoms with E-state index in [0.29, 0.717) is 19.3 Å². The van der Waals surface area contributed by atoms with Crippen LogP contribution in [0.1, 0.15) is 290 Å². The number of carbonyl (C=O) groups excluding carboxylic acids is 3. The molecule has 0 aliphatic carbocycles. The zero-order valence-electron chi connectivity index (χ0n) is 62.8. The van der Waals surface area contributed by atoms with E-state index in [1.165, 1.54) is 25.7 Å². The second-order valence-corrected chi connectivity index (χ2v) is 28.3. The standard InChI is InChI=1S/C83H138O16P2/c1-4-7-10-13-16-19-22-25-28-31-33-35-37-38-40-42-43-46-48-51-54-57-60-63-66-69-81(86)93-72-78(84)73-95-100(89,90)96-74-79(85)75-97-101(91,92)98-77-80(99-83(88)71-68-65-62-59-56-53-50-45-30-27-24-21-18-15-12-9-6-3)76-94-82(87)70-67-64-61-58-55-52-49-47-44-41-39-36-34-32-29-26-23-20-17-14-11-8-5-2/h7,9-10,12,16-21,25-30,33-36,38,40-41,43-44,46,78-80,84-85H,4-6,8,11,13-15,22-24,31-32,37,39,42,45,47-77H2,1-3H3,(H,89,90)(H,91,92)/b10-7-,12-9-,19-16-,20-17-,21-18-,28-25-,29-26-,30-27-,35-33-,36-34-,40-38-,44-41-,46-43-. The second-order valence-electron chi connectivity index (χ2n) is 25.4. The summed E-state index contributed by atoms with van der Waals surface area (Å²) in [5, 5.41) is 20.6. The molecule has 0 aromatic rings. The molecule has 0 saturated heterocycles. The second kappa shape index (κ2) is 74.9. The van der Waals surface area contributed by atoms with Gasteiger partial charge in [0.15, 0.2) is 6.10 Å². The van der Waals surface area contributed by atoms with Gasteiger partial charge in [-0.15, -0.1) is 0 Å². The van der Waals surface area contributed by atoms with Gasteiger partial charge in [0.05, 0.1) is 26.4 Å². The van der Waals surface area contributed by atoms with Crippen LogP contribution in [-0.4, -0.2) is 95.9 Å². The van der Waals surface area contributed by atoms with E-state index in [4.69, 9.17) is 32.3 Å². The molecule has 0 amide bonds. The molecule has 0 aliphatic heterocycles. The lowest BCUT2D eigenvalue weighted by Crippen LogP contribution is -2.30. The van der Waals surface area contributed by atoms with Crippen molar-refractivity contribution in [3.8, 4) is 0 Å². The maximum atomic E-state index is 13.0. The van der Waals surface area contributed by atoms with Crippen molar-refractivity contribution in [2.24, 2.45) is 0 Å². The van der Waals surface area contributed by atoms with Gasteiger partial charge in [-0.25, -0.2) is 9.13 Å². The zero-order valence-corrected chi connectivity index (χ0v) is 64.6. The van der Waals surface area contributed by atoms with Crippen molar-refractivity contribution in [1.29, 1.82) is 0 Å². The molecular formula is C83H138O16P2. The number of hydrogen-bond donors (Lipinski definition) is 4. The van der Waals surface area contributed by atoms with Crippen LogP contribution in [0, 0.1) is 0 Å². The fourth-order valence-corrected chi connectivity index (χ4v) is 11.5. The zero-order chi connectivity index (χ0) is 73.7. The van der Waals surface area contributed by atoms with Crippen molar-refractivity contribution in [1.82, 2.24) is 0 Å². The summed E-state index contributed by atoms with van der Waals surface area (Å²) < 4.78 is 61.1. The number of rotatable bonds is 72. The van der Waals surface area contributed by atoms with Crippen molar-refractivity contribution < 1.29 is 75.8 Å². The molecule has 5 unspecified atom stereocenters. The highest BCUT2D eigenvalue weighted by molar-refractivity contribution is 7.47. The number of allylic oxidation sites excluding steroid dienone is 26. The van der Waals surface area contributed by atoms with E-state index in [1.54, 1.807) is 0 Å².